The summed E-state index contributed by atoms with van der Waals surface area (Å²) in [5.74, 6) is 0. The molecule has 2 atom stereocenters. The lowest BCUT2D eigenvalue weighted by molar-refractivity contribution is -0.0442. The van der Waals surface area contributed by atoms with E-state index in [1.54, 1.807) is 0 Å². The van der Waals surface area contributed by atoms with E-state index in [0.29, 0.717) is 17.4 Å². The van der Waals surface area contributed by atoms with Crippen molar-refractivity contribution in [2.75, 3.05) is 13.2 Å². The quantitative estimate of drug-likeness (QED) is 0.891. The lowest BCUT2D eigenvalue weighted by Crippen LogP contribution is -2.42. The molecule has 0 aliphatic carbocycles. The molecule has 0 bridgehead atoms. The summed E-state index contributed by atoms with van der Waals surface area (Å²) in [6.07, 6.45) is -0.518. The Morgan fingerprint density at radius 2 is 2.24 bits per heavy atom. The van der Waals surface area contributed by atoms with Gasteiger partial charge in [0.15, 0.2) is 11.4 Å². The average Bonchev–Trinajstić information content (AvgIpc) is 2.81. The lowest BCUT2D eigenvalue weighted by atomic mass is 10.1. The normalized spacial score (nSPS) is 26.6. The van der Waals surface area contributed by atoms with Crippen molar-refractivity contribution in [2.45, 2.75) is 38.6 Å². The average molecular weight is 278 g/mol. The van der Waals surface area contributed by atoms with E-state index < -0.39 is 0 Å². The van der Waals surface area contributed by atoms with Crippen LogP contribution >= 0.6 is 23.3 Å². The number of hydrogen-bond donors (Lipinski definition) is 1. The van der Waals surface area contributed by atoms with E-state index in [2.05, 4.69) is 34.4 Å². The standard InChI is InChI=1S/C10H16ClN3O2S/c1-10(2,3)14-4-6(5-15)16-9(14)7-8(11)13-17-12-7/h6,9,15H,4-5H2,1-3H3. The Morgan fingerprint density at radius 3 is 2.71 bits per heavy atom. The summed E-state index contributed by atoms with van der Waals surface area (Å²) in [5.41, 5.74) is 0.559. The predicted octanol–water partition coefficient (Wildman–Crippen LogP) is 1.68. The highest BCUT2D eigenvalue weighted by molar-refractivity contribution is 6.99. The van der Waals surface area contributed by atoms with E-state index in [-0.39, 0.29) is 24.5 Å². The first-order valence-electron chi connectivity index (χ1n) is 5.44. The minimum absolute atomic E-state index is 0.00172. The molecule has 0 saturated carbocycles. The van der Waals surface area contributed by atoms with Crippen LogP contribution in [0.3, 0.4) is 0 Å². The molecule has 0 aromatic carbocycles. The Bertz CT molecular complexity index is 393. The zero-order chi connectivity index (χ0) is 12.6. The van der Waals surface area contributed by atoms with Gasteiger partial charge in [0.25, 0.3) is 0 Å². The van der Waals surface area contributed by atoms with Gasteiger partial charge in [0.05, 0.1) is 24.4 Å². The molecule has 0 radical (unpaired) electrons. The zero-order valence-corrected chi connectivity index (χ0v) is 11.6. The Hall–Kier alpha value is -0.270. The highest BCUT2D eigenvalue weighted by Gasteiger charge is 2.41. The first kappa shape index (κ1) is 13.2. The molecule has 1 N–H and O–H groups in total. The van der Waals surface area contributed by atoms with E-state index in [4.69, 9.17) is 16.3 Å². The van der Waals surface area contributed by atoms with E-state index in [9.17, 15) is 5.11 Å². The van der Waals surface area contributed by atoms with Gasteiger partial charge in [-0.1, -0.05) is 11.6 Å². The van der Waals surface area contributed by atoms with Crippen LogP contribution in [-0.2, 0) is 4.74 Å². The van der Waals surface area contributed by atoms with Crippen LogP contribution in [0.5, 0.6) is 0 Å². The second-order valence-electron chi connectivity index (χ2n) is 5.06. The third-order valence-electron chi connectivity index (χ3n) is 2.78. The first-order chi connectivity index (χ1) is 7.93. The summed E-state index contributed by atoms with van der Waals surface area (Å²) in [6, 6.07) is 0. The van der Waals surface area contributed by atoms with Gasteiger partial charge < -0.3 is 9.84 Å². The Balaban J connectivity index is 2.28. The minimum atomic E-state index is -0.321. The Labute approximate surface area is 110 Å². The molecule has 0 spiro atoms. The van der Waals surface area contributed by atoms with Gasteiger partial charge >= 0.3 is 0 Å². The van der Waals surface area contributed by atoms with Crippen molar-refractivity contribution in [3.05, 3.63) is 10.8 Å². The van der Waals surface area contributed by atoms with Crippen LogP contribution in [0.2, 0.25) is 5.15 Å². The molecular formula is C10H16ClN3O2S. The number of nitrogens with zero attached hydrogens (tertiary/aromatic N) is 3. The molecule has 96 valence electrons. The molecule has 17 heavy (non-hydrogen) atoms. The number of ether oxygens (including phenoxy) is 1. The predicted molar refractivity (Wildman–Crippen MR) is 66.1 cm³/mol. The van der Waals surface area contributed by atoms with Gasteiger partial charge in [-0.05, 0) is 20.8 Å². The molecule has 1 aromatic heterocycles. The molecule has 1 aliphatic rings. The largest absolute Gasteiger partial charge is 0.394 e. The maximum atomic E-state index is 9.22. The number of aliphatic hydroxyl groups excluding tert-OH is 1. The molecule has 1 aliphatic heterocycles. The molecule has 2 heterocycles. The molecule has 1 aromatic rings. The van der Waals surface area contributed by atoms with Crippen molar-refractivity contribution in [3.63, 3.8) is 0 Å². The molecule has 0 amide bonds. The van der Waals surface area contributed by atoms with Gasteiger partial charge in [-0.25, -0.2) is 0 Å². The van der Waals surface area contributed by atoms with Crippen molar-refractivity contribution >= 4 is 23.3 Å². The highest BCUT2D eigenvalue weighted by Crippen LogP contribution is 2.37. The number of halogens is 1. The van der Waals surface area contributed by atoms with Crippen LogP contribution < -0.4 is 0 Å². The summed E-state index contributed by atoms with van der Waals surface area (Å²) in [5, 5.41) is 9.60. The smallest absolute Gasteiger partial charge is 0.170 e. The topological polar surface area (TPSA) is 58.5 Å². The summed E-state index contributed by atoms with van der Waals surface area (Å²) >= 11 is 7.07. The number of rotatable bonds is 2. The molecule has 1 fully saturated rings. The van der Waals surface area contributed by atoms with E-state index in [1.165, 1.54) is 0 Å². The molecular weight excluding hydrogens is 262 g/mol. The van der Waals surface area contributed by atoms with Crippen LogP contribution in [0.25, 0.3) is 0 Å². The van der Waals surface area contributed by atoms with E-state index in [0.717, 1.165) is 11.7 Å². The third kappa shape index (κ3) is 2.61. The Morgan fingerprint density at radius 1 is 1.53 bits per heavy atom. The van der Waals surface area contributed by atoms with Crippen LogP contribution in [0.15, 0.2) is 0 Å². The first-order valence-corrected chi connectivity index (χ1v) is 6.55. The molecule has 7 heteroatoms. The van der Waals surface area contributed by atoms with Crippen LogP contribution in [-0.4, -0.2) is 43.5 Å². The van der Waals surface area contributed by atoms with Gasteiger partial charge in [0.2, 0.25) is 0 Å². The van der Waals surface area contributed by atoms with Crippen LogP contribution in [0.1, 0.15) is 32.7 Å². The fourth-order valence-electron chi connectivity index (χ4n) is 1.88. The molecule has 2 rings (SSSR count). The van der Waals surface area contributed by atoms with Crippen LogP contribution in [0.4, 0.5) is 0 Å². The summed E-state index contributed by atoms with van der Waals surface area (Å²) in [4.78, 5) is 2.14. The monoisotopic (exact) mass is 277 g/mol. The zero-order valence-electron chi connectivity index (χ0n) is 10.1. The van der Waals surface area contributed by atoms with Gasteiger partial charge in [-0.2, -0.15) is 8.75 Å². The molecule has 2 unspecified atom stereocenters. The van der Waals surface area contributed by atoms with Crippen molar-refractivity contribution in [2.24, 2.45) is 0 Å². The third-order valence-corrected chi connectivity index (χ3v) is 3.70. The second kappa shape index (κ2) is 4.78. The molecule has 5 nitrogen and oxygen atoms in total. The van der Waals surface area contributed by atoms with Gasteiger partial charge in [-0.15, -0.1) is 0 Å². The van der Waals surface area contributed by atoms with Gasteiger partial charge in [0.1, 0.15) is 5.69 Å². The number of aromatic nitrogens is 2. The summed E-state index contributed by atoms with van der Waals surface area (Å²) < 4.78 is 13.9. The van der Waals surface area contributed by atoms with Gasteiger partial charge in [-0.3, -0.25) is 4.90 Å². The molecule has 1 saturated heterocycles. The number of hydrogen-bond acceptors (Lipinski definition) is 6. The van der Waals surface area contributed by atoms with Crippen molar-refractivity contribution in [3.8, 4) is 0 Å². The summed E-state index contributed by atoms with van der Waals surface area (Å²) in [7, 11) is 0. The summed E-state index contributed by atoms with van der Waals surface area (Å²) in [6.45, 7) is 6.95. The second-order valence-corrected chi connectivity index (χ2v) is 5.94. The highest BCUT2D eigenvalue weighted by atomic mass is 35.5. The Kier molecular flexibility index (Phi) is 3.70. The van der Waals surface area contributed by atoms with Crippen molar-refractivity contribution < 1.29 is 9.84 Å². The maximum Gasteiger partial charge on any atom is 0.170 e. The lowest BCUT2D eigenvalue weighted by Gasteiger charge is -2.34. The number of aliphatic hydroxyl groups is 1. The van der Waals surface area contributed by atoms with E-state index in [1.807, 2.05) is 0 Å². The van der Waals surface area contributed by atoms with Gasteiger partial charge in [0, 0.05) is 12.1 Å². The fourth-order valence-corrected chi connectivity index (χ4v) is 2.63. The fraction of sp³-hybridized carbons (Fsp3) is 0.800. The van der Waals surface area contributed by atoms with Crippen molar-refractivity contribution in [1.29, 1.82) is 0 Å². The van der Waals surface area contributed by atoms with Crippen LogP contribution in [0, 0.1) is 0 Å². The maximum absolute atomic E-state index is 9.22. The van der Waals surface area contributed by atoms with E-state index >= 15 is 0 Å². The SMILES string of the molecule is CC(C)(C)N1CC(CO)OC1c1nsnc1Cl. The minimum Gasteiger partial charge on any atom is -0.394 e. The van der Waals surface area contributed by atoms with Crippen molar-refractivity contribution in [1.82, 2.24) is 13.6 Å².